The van der Waals surface area contributed by atoms with Crippen molar-refractivity contribution in [2.75, 3.05) is 20.3 Å². The second-order valence-corrected chi connectivity index (χ2v) is 6.39. The van der Waals surface area contributed by atoms with Crippen molar-refractivity contribution in [3.8, 4) is 0 Å². The number of rotatable bonds is 8. The number of H-pyrrole nitrogens is 1. The maximum absolute atomic E-state index is 12.4. The zero-order valence-electron chi connectivity index (χ0n) is 17.3. The summed E-state index contributed by atoms with van der Waals surface area (Å²) in [5, 5.41) is 2.62. The zero-order chi connectivity index (χ0) is 22.3. The third kappa shape index (κ3) is 5.47. The smallest absolute Gasteiger partial charge is 0.355 e. The van der Waals surface area contributed by atoms with Crippen LogP contribution in [-0.4, -0.2) is 49.1 Å². The van der Waals surface area contributed by atoms with Crippen LogP contribution in [0.2, 0.25) is 0 Å². The standard InChI is InChI=1S/C21H24N2O7/c1-5-29-21(27)18-12(2)17(13(3)23-18)20(26)30-11-16(24)22-10-14-6-8-15(9-7-14)19(25)28-4/h6-9,23H,5,10-11H2,1-4H3,(H,22,24). The fourth-order valence-corrected chi connectivity index (χ4v) is 2.80. The van der Waals surface area contributed by atoms with Gasteiger partial charge in [0.1, 0.15) is 5.69 Å². The number of nitrogens with one attached hydrogen (secondary N) is 2. The summed E-state index contributed by atoms with van der Waals surface area (Å²) in [4.78, 5) is 50.5. The normalized spacial score (nSPS) is 10.3. The van der Waals surface area contributed by atoms with Crippen molar-refractivity contribution in [1.29, 1.82) is 0 Å². The third-order valence-electron chi connectivity index (χ3n) is 4.32. The van der Waals surface area contributed by atoms with E-state index in [2.05, 4.69) is 15.0 Å². The van der Waals surface area contributed by atoms with Gasteiger partial charge in [0.05, 0.1) is 24.8 Å². The van der Waals surface area contributed by atoms with Crippen molar-refractivity contribution in [2.45, 2.75) is 27.3 Å². The van der Waals surface area contributed by atoms with Gasteiger partial charge in [-0.1, -0.05) is 12.1 Å². The Hall–Kier alpha value is -3.62. The molecule has 0 aliphatic carbocycles. The molecule has 2 aromatic rings. The van der Waals surface area contributed by atoms with E-state index in [1.165, 1.54) is 7.11 Å². The predicted molar refractivity (Wildman–Crippen MR) is 106 cm³/mol. The van der Waals surface area contributed by atoms with E-state index in [0.717, 1.165) is 5.56 Å². The zero-order valence-corrected chi connectivity index (χ0v) is 17.3. The second-order valence-electron chi connectivity index (χ2n) is 6.39. The predicted octanol–water partition coefficient (Wildman–Crippen LogP) is 2.07. The van der Waals surface area contributed by atoms with Crippen molar-refractivity contribution < 1.29 is 33.4 Å². The summed E-state index contributed by atoms with van der Waals surface area (Å²) in [6.45, 7) is 4.85. The number of amides is 1. The molecule has 2 rings (SSSR count). The van der Waals surface area contributed by atoms with Crippen LogP contribution in [0.15, 0.2) is 24.3 Å². The SMILES string of the molecule is CCOC(=O)c1[nH]c(C)c(C(=O)OCC(=O)NCc2ccc(C(=O)OC)cc2)c1C. The highest BCUT2D eigenvalue weighted by molar-refractivity contribution is 5.99. The topological polar surface area (TPSA) is 124 Å². The Kier molecular flexibility index (Phi) is 7.74. The maximum atomic E-state index is 12.4. The molecule has 30 heavy (non-hydrogen) atoms. The molecule has 0 aliphatic rings. The molecule has 1 aromatic heterocycles. The summed E-state index contributed by atoms with van der Waals surface area (Å²) >= 11 is 0. The van der Waals surface area contributed by atoms with Crippen molar-refractivity contribution in [3.63, 3.8) is 0 Å². The molecular formula is C21H24N2O7. The molecule has 0 spiro atoms. The first-order valence-corrected chi connectivity index (χ1v) is 9.25. The van der Waals surface area contributed by atoms with Gasteiger partial charge in [-0.2, -0.15) is 0 Å². The van der Waals surface area contributed by atoms with Gasteiger partial charge < -0.3 is 24.5 Å². The van der Waals surface area contributed by atoms with Crippen molar-refractivity contribution in [2.24, 2.45) is 0 Å². The molecule has 0 fully saturated rings. The van der Waals surface area contributed by atoms with Crippen LogP contribution < -0.4 is 5.32 Å². The number of carbonyl (C=O) groups is 4. The van der Waals surface area contributed by atoms with Crippen LogP contribution in [0.25, 0.3) is 0 Å². The minimum absolute atomic E-state index is 0.182. The van der Waals surface area contributed by atoms with E-state index in [1.54, 1.807) is 45.0 Å². The number of hydrogen-bond donors (Lipinski definition) is 2. The number of aromatic amines is 1. The van der Waals surface area contributed by atoms with E-state index in [9.17, 15) is 19.2 Å². The van der Waals surface area contributed by atoms with Crippen molar-refractivity contribution in [3.05, 3.63) is 57.9 Å². The third-order valence-corrected chi connectivity index (χ3v) is 4.32. The summed E-state index contributed by atoms with van der Waals surface area (Å²) < 4.78 is 14.6. The Bertz CT molecular complexity index is 945. The lowest BCUT2D eigenvalue weighted by atomic mass is 10.1. The molecule has 160 valence electrons. The summed E-state index contributed by atoms with van der Waals surface area (Å²) in [6, 6.07) is 6.54. The van der Waals surface area contributed by atoms with Crippen LogP contribution >= 0.6 is 0 Å². The molecule has 2 N–H and O–H groups in total. The van der Waals surface area contributed by atoms with Gasteiger partial charge in [0.2, 0.25) is 0 Å². The Morgan fingerprint density at radius 1 is 0.967 bits per heavy atom. The molecule has 0 unspecified atom stereocenters. The minimum Gasteiger partial charge on any atom is -0.465 e. The lowest BCUT2D eigenvalue weighted by molar-refractivity contribution is -0.124. The van der Waals surface area contributed by atoms with Crippen LogP contribution in [0.1, 0.15) is 54.9 Å². The Morgan fingerprint density at radius 3 is 2.23 bits per heavy atom. The number of benzene rings is 1. The van der Waals surface area contributed by atoms with Crippen LogP contribution in [-0.2, 0) is 25.5 Å². The number of ether oxygens (including phenoxy) is 3. The average Bonchev–Trinajstić information content (AvgIpc) is 3.04. The number of aromatic nitrogens is 1. The van der Waals surface area contributed by atoms with E-state index < -0.39 is 30.4 Å². The van der Waals surface area contributed by atoms with Crippen LogP contribution in [0.5, 0.6) is 0 Å². The van der Waals surface area contributed by atoms with Gasteiger partial charge >= 0.3 is 17.9 Å². The lowest BCUT2D eigenvalue weighted by Gasteiger charge is -2.08. The first kappa shape index (κ1) is 22.7. The first-order valence-electron chi connectivity index (χ1n) is 9.25. The maximum Gasteiger partial charge on any atom is 0.355 e. The van der Waals surface area contributed by atoms with Gasteiger partial charge in [-0.15, -0.1) is 0 Å². The Labute approximate surface area is 173 Å². The second kappa shape index (κ2) is 10.2. The molecule has 1 amide bonds. The Morgan fingerprint density at radius 2 is 1.63 bits per heavy atom. The lowest BCUT2D eigenvalue weighted by Crippen LogP contribution is -2.28. The fraction of sp³-hybridized carbons (Fsp3) is 0.333. The first-order chi connectivity index (χ1) is 14.3. The number of esters is 3. The number of hydrogen-bond acceptors (Lipinski definition) is 7. The molecule has 9 nitrogen and oxygen atoms in total. The fourth-order valence-electron chi connectivity index (χ4n) is 2.80. The van der Waals surface area contributed by atoms with E-state index in [4.69, 9.17) is 9.47 Å². The molecule has 0 saturated heterocycles. The number of carbonyl (C=O) groups excluding carboxylic acids is 4. The van der Waals surface area contributed by atoms with Gasteiger partial charge in [0, 0.05) is 12.2 Å². The van der Waals surface area contributed by atoms with Crippen LogP contribution in [0.4, 0.5) is 0 Å². The molecular weight excluding hydrogens is 392 g/mol. The minimum atomic E-state index is -0.714. The van der Waals surface area contributed by atoms with E-state index in [-0.39, 0.29) is 24.4 Å². The number of aryl methyl sites for hydroxylation is 1. The molecule has 1 aromatic carbocycles. The van der Waals surface area contributed by atoms with Crippen LogP contribution in [0.3, 0.4) is 0 Å². The largest absolute Gasteiger partial charge is 0.465 e. The van der Waals surface area contributed by atoms with Crippen molar-refractivity contribution in [1.82, 2.24) is 10.3 Å². The summed E-state index contributed by atoms with van der Waals surface area (Å²) in [5.41, 5.74) is 2.40. The molecule has 0 radical (unpaired) electrons. The molecule has 0 aliphatic heterocycles. The highest BCUT2D eigenvalue weighted by Crippen LogP contribution is 2.19. The number of methoxy groups -OCH3 is 1. The quantitative estimate of drug-likeness (QED) is 0.499. The molecule has 0 saturated carbocycles. The van der Waals surface area contributed by atoms with E-state index in [0.29, 0.717) is 16.8 Å². The van der Waals surface area contributed by atoms with Crippen molar-refractivity contribution >= 4 is 23.8 Å². The Balaban J connectivity index is 1.90. The van der Waals surface area contributed by atoms with Gasteiger partial charge in [-0.05, 0) is 44.0 Å². The van der Waals surface area contributed by atoms with Gasteiger partial charge in [-0.3, -0.25) is 4.79 Å². The molecule has 9 heteroatoms. The van der Waals surface area contributed by atoms with E-state index >= 15 is 0 Å². The highest BCUT2D eigenvalue weighted by atomic mass is 16.5. The van der Waals surface area contributed by atoms with Crippen LogP contribution in [0, 0.1) is 13.8 Å². The van der Waals surface area contributed by atoms with E-state index in [1.807, 2.05) is 0 Å². The molecule has 0 atom stereocenters. The molecule has 1 heterocycles. The molecule has 0 bridgehead atoms. The van der Waals surface area contributed by atoms with Gasteiger partial charge in [0.15, 0.2) is 6.61 Å². The monoisotopic (exact) mass is 416 g/mol. The summed E-state index contributed by atoms with van der Waals surface area (Å²) in [6.07, 6.45) is 0. The van der Waals surface area contributed by atoms with Gasteiger partial charge in [-0.25, -0.2) is 14.4 Å². The van der Waals surface area contributed by atoms with Gasteiger partial charge in [0.25, 0.3) is 5.91 Å². The highest BCUT2D eigenvalue weighted by Gasteiger charge is 2.24. The summed E-state index contributed by atoms with van der Waals surface area (Å²) in [5.74, 6) is -2.21. The average molecular weight is 416 g/mol. The summed E-state index contributed by atoms with van der Waals surface area (Å²) in [7, 11) is 1.30.